The summed E-state index contributed by atoms with van der Waals surface area (Å²) in [5, 5.41) is 11.1. The van der Waals surface area contributed by atoms with Crippen LogP contribution in [0.15, 0.2) is 0 Å². The van der Waals surface area contributed by atoms with Gasteiger partial charge in [-0.2, -0.15) is 0 Å². The molecule has 0 aliphatic rings. The molecule has 0 radical (unpaired) electrons. The Balaban J connectivity index is 3.43. The van der Waals surface area contributed by atoms with E-state index in [2.05, 4.69) is 5.32 Å². The molecule has 0 saturated heterocycles. The maximum atomic E-state index is 11.1. The number of hydrogen-bond acceptors (Lipinski definition) is 3. The van der Waals surface area contributed by atoms with Crippen LogP contribution in [0.5, 0.6) is 0 Å². The number of hydrogen-bond donors (Lipinski definition) is 2. The summed E-state index contributed by atoms with van der Waals surface area (Å²) in [6, 6.07) is 0. The molecule has 5 nitrogen and oxygen atoms in total. The second kappa shape index (κ2) is 8.23. The zero-order chi connectivity index (χ0) is 11.7. The molecular weight excluding hydrogens is 198 g/mol. The van der Waals surface area contributed by atoms with Crippen molar-refractivity contribution < 1.29 is 19.4 Å². The predicted octanol–water partition coefficient (Wildman–Crippen LogP) is 0.640. The van der Waals surface area contributed by atoms with Crippen molar-refractivity contribution in [2.24, 2.45) is 5.92 Å². The Kier molecular flexibility index (Phi) is 7.62. The normalized spacial score (nSPS) is 12.1. The van der Waals surface area contributed by atoms with Gasteiger partial charge in [0.2, 0.25) is 5.91 Å². The van der Waals surface area contributed by atoms with E-state index in [1.54, 1.807) is 0 Å². The lowest BCUT2D eigenvalue weighted by atomic mass is 10.2. The van der Waals surface area contributed by atoms with Gasteiger partial charge in [0, 0.05) is 19.8 Å². The van der Waals surface area contributed by atoms with Gasteiger partial charge in [-0.25, -0.2) is 0 Å². The summed E-state index contributed by atoms with van der Waals surface area (Å²) in [5.41, 5.74) is 0. The van der Waals surface area contributed by atoms with Gasteiger partial charge in [0.1, 0.15) is 5.92 Å². The van der Waals surface area contributed by atoms with Gasteiger partial charge in [0.25, 0.3) is 0 Å². The molecule has 0 rings (SSSR count). The van der Waals surface area contributed by atoms with Crippen LogP contribution >= 0.6 is 0 Å². The lowest BCUT2D eigenvalue weighted by molar-refractivity contribution is -0.146. The zero-order valence-corrected chi connectivity index (χ0v) is 9.28. The van der Waals surface area contributed by atoms with Crippen LogP contribution in [0.4, 0.5) is 0 Å². The molecule has 2 N–H and O–H groups in total. The van der Waals surface area contributed by atoms with Gasteiger partial charge in [-0.3, -0.25) is 9.59 Å². The largest absolute Gasteiger partial charge is 0.481 e. The Bertz CT molecular complexity index is 206. The van der Waals surface area contributed by atoms with Crippen LogP contribution in [0, 0.1) is 5.92 Å². The van der Waals surface area contributed by atoms with Gasteiger partial charge in [-0.15, -0.1) is 0 Å². The van der Waals surface area contributed by atoms with E-state index in [0.29, 0.717) is 19.6 Å². The number of aliphatic carboxylic acids is 1. The number of carbonyl (C=O) groups excluding carboxylic acids is 1. The molecule has 1 atom stereocenters. The molecule has 0 fully saturated rings. The minimum atomic E-state index is -1.10. The molecule has 0 bridgehead atoms. The van der Waals surface area contributed by atoms with Crippen molar-refractivity contribution in [1.82, 2.24) is 5.32 Å². The summed E-state index contributed by atoms with van der Waals surface area (Å²) in [7, 11) is 0. The van der Waals surface area contributed by atoms with E-state index in [-0.39, 0.29) is 0 Å². The quantitative estimate of drug-likeness (QED) is 0.462. The van der Waals surface area contributed by atoms with Crippen LogP contribution in [0.25, 0.3) is 0 Å². The zero-order valence-electron chi connectivity index (χ0n) is 9.28. The number of nitrogens with one attached hydrogen (secondary N) is 1. The first-order valence-corrected chi connectivity index (χ1v) is 5.17. The fourth-order valence-electron chi connectivity index (χ4n) is 0.897. The van der Waals surface area contributed by atoms with Gasteiger partial charge in [-0.1, -0.05) is 6.92 Å². The highest BCUT2D eigenvalue weighted by molar-refractivity contribution is 5.96. The second-order valence-electron chi connectivity index (χ2n) is 3.32. The van der Waals surface area contributed by atoms with E-state index in [1.165, 1.54) is 6.92 Å². The molecule has 0 aromatic heterocycles. The lowest BCUT2D eigenvalue weighted by Crippen LogP contribution is -2.34. The fourth-order valence-corrected chi connectivity index (χ4v) is 0.897. The van der Waals surface area contributed by atoms with Crippen molar-refractivity contribution in [1.29, 1.82) is 0 Å². The average Bonchev–Trinajstić information content (AvgIpc) is 2.21. The molecule has 0 aromatic carbocycles. The molecule has 0 saturated carbocycles. The van der Waals surface area contributed by atoms with Crippen molar-refractivity contribution in [3.8, 4) is 0 Å². The Morgan fingerprint density at radius 3 is 2.60 bits per heavy atom. The van der Waals surface area contributed by atoms with Crippen LogP contribution in [-0.4, -0.2) is 36.7 Å². The van der Waals surface area contributed by atoms with Gasteiger partial charge in [0.05, 0.1) is 0 Å². The molecule has 0 aliphatic heterocycles. The Morgan fingerprint density at radius 2 is 2.07 bits per heavy atom. The van der Waals surface area contributed by atoms with Crippen molar-refractivity contribution in [3.05, 3.63) is 0 Å². The monoisotopic (exact) mass is 217 g/mol. The number of ether oxygens (including phenoxy) is 1. The van der Waals surface area contributed by atoms with Crippen LogP contribution in [0.2, 0.25) is 0 Å². The van der Waals surface area contributed by atoms with Crippen molar-refractivity contribution in [2.45, 2.75) is 26.7 Å². The minimum absolute atomic E-state index is 0.446. The molecule has 0 heterocycles. The van der Waals surface area contributed by atoms with E-state index in [0.717, 1.165) is 13.0 Å². The van der Waals surface area contributed by atoms with Gasteiger partial charge >= 0.3 is 5.97 Å². The third-order valence-electron chi connectivity index (χ3n) is 1.88. The van der Waals surface area contributed by atoms with E-state index in [1.807, 2.05) is 6.92 Å². The Labute approximate surface area is 89.8 Å². The molecule has 0 spiro atoms. The number of rotatable bonds is 8. The highest BCUT2D eigenvalue weighted by atomic mass is 16.5. The molecule has 0 aliphatic carbocycles. The fraction of sp³-hybridized carbons (Fsp3) is 0.800. The smallest absolute Gasteiger partial charge is 0.315 e. The number of amides is 1. The number of carboxylic acid groups (broad SMARTS) is 1. The van der Waals surface area contributed by atoms with Gasteiger partial charge < -0.3 is 15.2 Å². The summed E-state index contributed by atoms with van der Waals surface area (Å²) in [6.07, 6.45) is 1.68. The van der Waals surface area contributed by atoms with E-state index in [4.69, 9.17) is 9.84 Å². The highest BCUT2D eigenvalue weighted by Gasteiger charge is 2.19. The van der Waals surface area contributed by atoms with Crippen molar-refractivity contribution in [2.75, 3.05) is 19.8 Å². The summed E-state index contributed by atoms with van der Waals surface area (Å²) in [5.74, 6) is -2.53. The van der Waals surface area contributed by atoms with Crippen molar-refractivity contribution in [3.63, 3.8) is 0 Å². The number of carboxylic acids is 1. The highest BCUT2D eigenvalue weighted by Crippen LogP contribution is 1.94. The van der Waals surface area contributed by atoms with Crippen LogP contribution < -0.4 is 5.32 Å². The molecular formula is C10H19NO4. The third kappa shape index (κ3) is 6.90. The van der Waals surface area contributed by atoms with Crippen molar-refractivity contribution >= 4 is 11.9 Å². The van der Waals surface area contributed by atoms with E-state index in [9.17, 15) is 9.59 Å². The molecule has 1 amide bonds. The van der Waals surface area contributed by atoms with Crippen LogP contribution in [-0.2, 0) is 14.3 Å². The summed E-state index contributed by atoms with van der Waals surface area (Å²) in [4.78, 5) is 21.6. The minimum Gasteiger partial charge on any atom is -0.481 e. The summed E-state index contributed by atoms with van der Waals surface area (Å²) < 4.78 is 5.20. The van der Waals surface area contributed by atoms with E-state index < -0.39 is 17.8 Å². The van der Waals surface area contributed by atoms with Gasteiger partial charge in [-0.05, 0) is 19.8 Å². The Morgan fingerprint density at radius 1 is 1.40 bits per heavy atom. The van der Waals surface area contributed by atoms with Crippen LogP contribution in [0.3, 0.4) is 0 Å². The third-order valence-corrected chi connectivity index (χ3v) is 1.88. The molecule has 5 heteroatoms. The molecule has 88 valence electrons. The first-order chi connectivity index (χ1) is 7.09. The predicted molar refractivity (Wildman–Crippen MR) is 55.5 cm³/mol. The van der Waals surface area contributed by atoms with Gasteiger partial charge in [0.15, 0.2) is 0 Å². The molecule has 1 unspecified atom stereocenters. The standard InChI is InChI=1S/C10H19NO4/c1-3-6-15-7-4-5-11-9(12)8(2)10(13)14/h8H,3-7H2,1-2H3,(H,11,12)(H,13,14). The summed E-state index contributed by atoms with van der Waals surface area (Å²) >= 11 is 0. The van der Waals surface area contributed by atoms with E-state index >= 15 is 0 Å². The average molecular weight is 217 g/mol. The second-order valence-corrected chi connectivity index (χ2v) is 3.32. The first-order valence-electron chi connectivity index (χ1n) is 5.17. The first kappa shape index (κ1) is 13.9. The maximum Gasteiger partial charge on any atom is 0.315 e. The number of carbonyl (C=O) groups is 2. The summed E-state index contributed by atoms with van der Waals surface area (Å²) in [6.45, 7) is 5.16. The molecule has 15 heavy (non-hydrogen) atoms. The Hall–Kier alpha value is -1.10. The SMILES string of the molecule is CCCOCCCNC(=O)C(C)C(=O)O. The van der Waals surface area contributed by atoms with Crippen LogP contribution in [0.1, 0.15) is 26.7 Å². The maximum absolute atomic E-state index is 11.1. The lowest BCUT2D eigenvalue weighted by Gasteiger charge is -2.08. The molecule has 0 aromatic rings. The topological polar surface area (TPSA) is 75.6 Å².